The number of carbonyl (C=O) groups excluding carboxylic acids is 2. The molecule has 2 N–H and O–H groups in total. The fourth-order valence-electron chi connectivity index (χ4n) is 2.28. The average Bonchev–Trinajstić information content (AvgIpc) is 2.55. The third-order valence-corrected chi connectivity index (χ3v) is 3.60. The van der Waals surface area contributed by atoms with Crippen LogP contribution in [0.2, 0.25) is 0 Å². The summed E-state index contributed by atoms with van der Waals surface area (Å²) in [6.07, 6.45) is 1.12. The number of benzene rings is 2. The Morgan fingerprint density at radius 3 is 2.35 bits per heavy atom. The first-order chi connectivity index (χ1) is 11.1. The summed E-state index contributed by atoms with van der Waals surface area (Å²) in [4.78, 5) is 23.8. The van der Waals surface area contributed by atoms with Gasteiger partial charge in [-0.05, 0) is 30.5 Å². The molecule has 4 nitrogen and oxygen atoms in total. The van der Waals surface area contributed by atoms with Crippen LogP contribution in [-0.2, 0) is 22.4 Å². The maximum Gasteiger partial charge on any atom is 0.243 e. The van der Waals surface area contributed by atoms with E-state index in [0.29, 0.717) is 0 Å². The first-order valence-corrected chi connectivity index (χ1v) is 7.78. The van der Waals surface area contributed by atoms with E-state index < -0.39 is 0 Å². The van der Waals surface area contributed by atoms with Crippen LogP contribution in [0.15, 0.2) is 48.5 Å². The first-order valence-electron chi connectivity index (χ1n) is 7.78. The summed E-state index contributed by atoms with van der Waals surface area (Å²) in [5.74, 6) is -0.379. The molecule has 0 aromatic heterocycles. The second-order valence-electron chi connectivity index (χ2n) is 5.50. The minimum atomic E-state index is -0.219. The van der Waals surface area contributed by atoms with Crippen LogP contribution in [0.1, 0.15) is 23.6 Å². The van der Waals surface area contributed by atoms with Crippen molar-refractivity contribution in [3.63, 3.8) is 0 Å². The highest BCUT2D eigenvalue weighted by Crippen LogP contribution is 2.14. The molecule has 0 spiro atoms. The summed E-state index contributed by atoms with van der Waals surface area (Å²) >= 11 is 0. The maximum atomic E-state index is 12.0. The van der Waals surface area contributed by atoms with E-state index >= 15 is 0 Å². The van der Waals surface area contributed by atoms with Crippen molar-refractivity contribution in [2.45, 2.75) is 26.7 Å². The van der Waals surface area contributed by atoms with Gasteiger partial charge < -0.3 is 10.6 Å². The van der Waals surface area contributed by atoms with Crippen LogP contribution < -0.4 is 10.6 Å². The fourth-order valence-corrected chi connectivity index (χ4v) is 2.28. The zero-order chi connectivity index (χ0) is 16.7. The van der Waals surface area contributed by atoms with Crippen LogP contribution in [0.3, 0.4) is 0 Å². The van der Waals surface area contributed by atoms with Crippen LogP contribution in [0, 0.1) is 6.92 Å². The number of anilines is 1. The largest absolute Gasteiger partial charge is 0.347 e. The topological polar surface area (TPSA) is 58.2 Å². The van der Waals surface area contributed by atoms with E-state index in [1.807, 2.05) is 62.4 Å². The quantitative estimate of drug-likeness (QED) is 0.862. The highest BCUT2D eigenvalue weighted by Gasteiger charge is 2.08. The van der Waals surface area contributed by atoms with Crippen LogP contribution in [0.25, 0.3) is 0 Å². The van der Waals surface area contributed by atoms with Crippen molar-refractivity contribution in [1.82, 2.24) is 5.32 Å². The molecule has 23 heavy (non-hydrogen) atoms. The Hall–Kier alpha value is -2.62. The smallest absolute Gasteiger partial charge is 0.243 e. The van der Waals surface area contributed by atoms with Crippen LogP contribution in [0.4, 0.5) is 5.69 Å². The van der Waals surface area contributed by atoms with Gasteiger partial charge in [-0.1, -0.05) is 55.0 Å². The van der Waals surface area contributed by atoms with Gasteiger partial charge in [0.1, 0.15) is 0 Å². The number of para-hydroxylation sites is 1. The molecule has 4 heteroatoms. The number of hydrogen-bond donors (Lipinski definition) is 2. The Labute approximate surface area is 136 Å². The van der Waals surface area contributed by atoms with Crippen LogP contribution in [-0.4, -0.2) is 18.4 Å². The standard InChI is InChI=1S/C19H22N2O2/c1-3-16-6-4-5-7-17(16)21-19(23)13-20-18(22)12-15-10-8-14(2)9-11-15/h4-11H,3,12-13H2,1-2H3,(H,20,22)(H,21,23). The molecule has 0 radical (unpaired) electrons. The Kier molecular flexibility index (Phi) is 5.92. The summed E-state index contributed by atoms with van der Waals surface area (Å²) in [6, 6.07) is 15.5. The number of amides is 2. The molecule has 0 aliphatic heterocycles. The van der Waals surface area contributed by atoms with E-state index in [4.69, 9.17) is 0 Å². The summed E-state index contributed by atoms with van der Waals surface area (Å²) < 4.78 is 0. The molecule has 0 saturated heterocycles. The van der Waals surface area contributed by atoms with Gasteiger partial charge in [0.05, 0.1) is 13.0 Å². The molecule has 2 rings (SSSR count). The summed E-state index contributed by atoms with van der Waals surface area (Å²) in [5.41, 5.74) is 3.97. The number of carbonyl (C=O) groups is 2. The molecule has 2 aromatic carbocycles. The average molecular weight is 310 g/mol. The number of hydrogen-bond acceptors (Lipinski definition) is 2. The molecule has 2 aromatic rings. The minimum absolute atomic E-state index is 0.0251. The monoisotopic (exact) mass is 310 g/mol. The third kappa shape index (κ3) is 5.25. The van der Waals surface area contributed by atoms with E-state index in [1.54, 1.807) is 0 Å². The van der Waals surface area contributed by atoms with Gasteiger partial charge in [-0.25, -0.2) is 0 Å². The van der Waals surface area contributed by atoms with Gasteiger partial charge in [-0.15, -0.1) is 0 Å². The SMILES string of the molecule is CCc1ccccc1NC(=O)CNC(=O)Cc1ccc(C)cc1. The van der Waals surface area contributed by atoms with Gasteiger partial charge in [-0.2, -0.15) is 0 Å². The lowest BCUT2D eigenvalue weighted by molar-refractivity contribution is -0.123. The molecule has 0 aliphatic rings. The van der Waals surface area contributed by atoms with Gasteiger partial charge in [0.25, 0.3) is 0 Å². The lowest BCUT2D eigenvalue weighted by Gasteiger charge is -2.10. The van der Waals surface area contributed by atoms with Gasteiger partial charge in [-0.3, -0.25) is 9.59 Å². The van der Waals surface area contributed by atoms with Gasteiger partial charge >= 0.3 is 0 Å². The second kappa shape index (κ2) is 8.13. The molecule has 0 bridgehead atoms. The highest BCUT2D eigenvalue weighted by atomic mass is 16.2. The Bertz CT molecular complexity index is 678. The Morgan fingerprint density at radius 2 is 1.65 bits per heavy atom. The van der Waals surface area contributed by atoms with Crippen molar-refractivity contribution in [3.05, 3.63) is 65.2 Å². The Balaban J connectivity index is 1.82. The van der Waals surface area contributed by atoms with Gasteiger partial charge in [0.15, 0.2) is 0 Å². The summed E-state index contributed by atoms with van der Waals surface area (Å²) in [7, 11) is 0. The number of rotatable bonds is 6. The van der Waals surface area contributed by atoms with Crippen molar-refractivity contribution >= 4 is 17.5 Å². The number of nitrogens with one attached hydrogen (secondary N) is 2. The normalized spacial score (nSPS) is 10.2. The van der Waals surface area contributed by atoms with Crippen molar-refractivity contribution in [2.24, 2.45) is 0 Å². The van der Waals surface area contributed by atoms with E-state index in [-0.39, 0.29) is 24.8 Å². The van der Waals surface area contributed by atoms with Crippen molar-refractivity contribution in [2.75, 3.05) is 11.9 Å². The van der Waals surface area contributed by atoms with E-state index in [9.17, 15) is 9.59 Å². The molecule has 0 fully saturated rings. The lowest BCUT2D eigenvalue weighted by Crippen LogP contribution is -2.33. The zero-order valence-corrected chi connectivity index (χ0v) is 13.6. The molecular weight excluding hydrogens is 288 g/mol. The highest BCUT2D eigenvalue weighted by molar-refractivity contribution is 5.95. The van der Waals surface area contributed by atoms with Crippen LogP contribution >= 0.6 is 0 Å². The zero-order valence-electron chi connectivity index (χ0n) is 13.6. The Morgan fingerprint density at radius 1 is 0.957 bits per heavy atom. The first kappa shape index (κ1) is 16.7. The van der Waals surface area contributed by atoms with Crippen molar-refractivity contribution in [1.29, 1.82) is 0 Å². The van der Waals surface area contributed by atoms with E-state index in [1.165, 1.54) is 0 Å². The summed E-state index contributed by atoms with van der Waals surface area (Å²) in [6.45, 7) is 4.01. The molecule has 0 heterocycles. The summed E-state index contributed by atoms with van der Waals surface area (Å²) in [5, 5.41) is 5.49. The maximum absolute atomic E-state index is 12.0. The molecule has 0 unspecified atom stereocenters. The van der Waals surface area contributed by atoms with Gasteiger partial charge in [0.2, 0.25) is 11.8 Å². The van der Waals surface area contributed by atoms with Crippen LogP contribution in [0.5, 0.6) is 0 Å². The molecule has 120 valence electrons. The lowest BCUT2D eigenvalue weighted by atomic mass is 10.1. The molecule has 2 amide bonds. The fraction of sp³-hybridized carbons (Fsp3) is 0.263. The predicted molar refractivity (Wildman–Crippen MR) is 92.3 cm³/mol. The second-order valence-corrected chi connectivity index (χ2v) is 5.50. The molecule has 0 aliphatic carbocycles. The minimum Gasteiger partial charge on any atom is -0.347 e. The molecule has 0 saturated carbocycles. The predicted octanol–water partition coefficient (Wildman–Crippen LogP) is 2.85. The van der Waals surface area contributed by atoms with E-state index in [2.05, 4.69) is 10.6 Å². The third-order valence-electron chi connectivity index (χ3n) is 3.60. The van der Waals surface area contributed by atoms with Crippen molar-refractivity contribution in [3.8, 4) is 0 Å². The number of aryl methyl sites for hydroxylation is 2. The van der Waals surface area contributed by atoms with Crippen molar-refractivity contribution < 1.29 is 9.59 Å². The molecular formula is C19H22N2O2. The van der Waals surface area contributed by atoms with Gasteiger partial charge in [0, 0.05) is 5.69 Å². The van der Waals surface area contributed by atoms with E-state index in [0.717, 1.165) is 28.8 Å². The molecule has 0 atom stereocenters.